The van der Waals surface area contributed by atoms with Gasteiger partial charge in [0.25, 0.3) is 5.56 Å². The molecular formula is C12H16BrN3O. The summed E-state index contributed by atoms with van der Waals surface area (Å²) in [5.41, 5.74) is 1.26. The zero-order valence-electron chi connectivity index (χ0n) is 9.87. The van der Waals surface area contributed by atoms with Crippen LogP contribution in [-0.4, -0.2) is 16.3 Å². The molecule has 5 heteroatoms. The minimum absolute atomic E-state index is 0.0914. The van der Waals surface area contributed by atoms with Crippen LogP contribution < -0.4 is 10.9 Å². The first-order chi connectivity index (χ1) is 8.12. The summed E-state index contributed by atoms with van der Waals surface area (Å²) >= 11 is 3.34. The second kappa shape index (κ2) is 3.83. The molecule has 2 saturated carbocycles. The van der Waals surface area contributed by atoms with Crippen molar-refractivity contribution >= 4 is 21.6 Å². The van der Waals surface area contributed by atoms with Gasteiger partial charge < -0.3 is 5.32 Å². The van der Waals surface area contributed by atoms with E-state index in [2.05, 4.69) is 26.3 Å². The summed E-state index contributed by atoms with van der Waals surface area (Å²) in [6, 6.07) is 0. The van der Waals surface area contributed by atoms with Crippen molar-refractivity contribution in [1.29, 1.82) is 0 Å². The number of aryl methyl sites for hydroxylation is 1. The monoisotopic (exact) mass is 297 g/mol. The molecule has 1 heterocycles. The zero-order valence-corrected chi connectivity index (χ0v) is 11.5. The molecule has 0 bridgehead atoms. The first-order valence-electron chi connectivity index (χ1n) is 6.08. The Morgan fingerprint density at radius 2 is 2.29 bits per heavy atom. The van der Waals surface area contributed by atoms with Crippen molar-refractivity contribution in [3.05, 3.63) is 21.0 Å². The fraction of sp³-hybridized carbons (Fsp3) is 0.667. The third kappa shape index (κ3) is 2.01. The van der Waals surface area contributed by atoms with E-state index in [1.165, 1.54) is 30.4 Å². The molecule has 0 atom stereocenters. The van der Waals surface area contributed by atoms with Crippen molar-refractivity contribution < 1.29 is 0 Å². The fourth-order valence-electron chi connectivity index (χ4n) is 2.49. The van der Waals surface area contributed by atoms with E-state index < -0.39 is 0 Å². The molecule has 0 amide bonds. The van der Waals surface area contributed by atoms with Gasteiger partial charge in [-0.2, -0.15) is 5.10 Å². The lowest BCUT2D eigenvalue weighted by Gasteiger charge is -2.16. The first-order valence-corrected chi connectivity index (χ1v) is 6.87. The molecule has 92 valence electrons. The molecule has 2 aliphatic carbocycles. The Morgan fingerprint density at radius 3 is 2.88 bits per heavy atom. The van der Waals surface area contributed by atoms with E-state index in [0.717, 1.165) is 18.2 Å². The number of nitrogens with one attached hydrogen (secondary N) is 1. The van der Waals surface area contributed by atoms with Gasteiger partial charge in [0.1, 0.15) is 4.47 Å². The van der Waals surface area contributed by atoms with Crippen LogP contribution in [0.3, 0.4) is 0 Å². The van der Waals surface area contributed by atoms with Gasteiger partial charge in [0, 0.05) is 13.6 Å². The van der Waals surface area contributed by atoms with E-state index in [4.69, 9.17) is 0 Å². The molecule has 0 aromatic carbocycles. The van der Waals surface area contributed by atoms with E-state index in [1.54, 1.807) is 13.2 Å². The quantitative estimate of drug-likeness (QED) is 0.926. The number of halogens is 1. The van der Waals surface area contributed by atoms with Gasteiger partial charge in [-0.3, -0.25) is 4.79 Å². The second-order valence-corrected chi connectivity index (χ2v) is 6.08. The summed E-state index contributed by atoms with van der Waals surface area (Å²) in [6.07, 6.45) is 7.16. The molecule has 0 aliphatic heterocycles. The minimum Gasteiger partial charge on any atom is -0.382 e. The molecule has 2 aliphatic rings. The van der Waals surface area contributed by atoms with Crippen molar-refractivity contribution in [2.45, 2.75) is 25.7 Å². The predicted molar refractivity (Wildman–Crippen MR) is 70.1 cm³/mol. The molecule has 17 heavy (non-hydrogen) atoms. The molecule has 0 radical (unpaired) electrons. The van der Waals surface area contributed by atoms with E-state index in [-0.39, 0.29) is 5.56 Å². The lowest BCUT2D eigenvalue weighted by atomic mass is 10.0. The maximum Gasteiger partial charge on any atom is 0.282 e. The van der Waals surface area contributed by atoms with E-state index in [9.17, 15) is 4.79 Å². The van der Waals surface area contributed by atoms with Crippen LogP contribution in [0.1, 0.15) is 25.7 Å². The van der Waals surface area contributed by atoms with Crippen molar-refractivity contribution in [2.75, 3.05) is 11.9 Å². The summed E-state index contributed by atoms with van der Waals surface area (Å²) in [5, 5.41) is 7.42. The molecule has 2 fully saturated rings. The third-order valence-corrected chi connectivity index (χ3v) is 4.81. The van der Waals surface area contributed by atoms with E-state index >= 15 is 0 Å². The van der Waals surface area contributed by atoms with Crippen LogP contribution in [0.25, 0.3) is 0 Å². The topological polar surface area (TPSA) is 46.9 Å². The Morgan fingerprint density at radius 1 is 1.59 bits per heavy atom. The van der Waals surface area contributed by atoms with Crippen molar-refractivity contribution in [1.82, 2.24) is 9.78 Å². The van der Waals surface area contributed by atoms with E-state index in [1.807, 2.05) is 0 Å². The minimum atomic E-state index is -0.0914. The summed E-state index contributed by atoms with van der Waals surface area (Å²) in [4.78, 5) is 11.7. The van der Waals surface area contributed by atoms with E-state index in [0.29, 0.717) is 9.89 Å². The van der Waals surface area contributed by atoms with Crippen LogP contribution in [0.4, 0.5) is 5.69 Å². The predicted octanol–water partition coefficient (Wildman–Crippen LogP) is 2.14. The normalized spacial score (nSPS) is 21.3. The van der Waals surface area contributed by atoms with Crippen LogP contribution in [0.5, 0.6) is 0 Å². The maximum absolute atomic E-state index is 11.7. The van der Waals surface area contributed by atoms with Gasteiger partial charge in [0.2, 0.25) is 0 Å². The van der Waals surface area contributed by atoms with Gasteiger partial charge >= 0.3 is 0 Å². The molecular weight excluding hydrogens is 282 g/mol. The van der Waals surface area contributed by atoms with Gasteiger partial charge in [0.05, 0.1) is 11.9 Å². The maximum atomic E-state index is 11.7. The van der Waals surface area contributed by atoms with Gasteiger partial charge in [-0.05, 0) is 52.9 Å². The largest absolute Gasteiger partial charge is 0.382 e. The lowest BCUT2D eigenvalue weighted by Crippen LogP contribution is -2.23. The highest BCUT2D eigenvalue weighted by Gasteiger charge is 2.53. The molecule has 4 nitrogen and oxygen atoms in total. The highest BCUT2D eigenvalue weighted by molar-refractivity contribution is 9.10. The molecule has 3 rings (SSSR count). The van der Waals surface area contributed by atoms with Crippen LogP contribution in [0, 0.1) is 11.3 Å². The van der Waals surface area contributed by atoms with Crippen molar-refractivity contribution in [3.63, 3.8) is 0 Å². The van der Waals surface area contributed by atoms with Crippen LogP contribution in [0.15, 0.2) is 15.5 Å². The summed E-state index contributed by atoms with van der Waals surface area (Å²) in [7, 11) is 1.66. The molecule has 0 unspecified atom stereocenters. The number of rotatable bonds is 4. The average molecular weight is 298 g/mol. The van der Waals surface area contributed by atoms with Crippen molar-refractivity contribution in [3.8, 4) is 0 Å². The SMILES string of the molecule is Cn1ncc(NCC2(C3CC3)CC2)c(Br)c1=O. The highest BCUT2D eigenvalue weighted by atomic mass is 79.9. The van der Waals surface area contributed by atoms with Crippen molar-refractivity contribution in [2.24, 2.45) is 18.4 Å². The number of anilines is 1. The van der Waals surface area contributed by atoms with Crippen LogP contribution >= 0.6 is 15.9 Å². The Kier molecular flexibility index (Phi) is 2.54. The fourth-order valence-corrected chi connectivity index (χ4v) is 2.99. The van der Waals surface area contributed by atoms with Gasteiger partial charge in [-0.25, -0.2) is 4.68 Å². The Balaban J connectivity index is 1.73. The first kappa shape index (κ1) is 11.3. The van der Waals surface area contributed by atoms with Gasteiger partial charge in [-0.15, -0.1) is 0 Å². The zero-order chi connectivity index (χ0) is 12.0. The second-order valence-electron chi connectivity index (χ2n) is 5.29. The smallest absolute Gasteiger partial charge is 0.282 e. The molecule has 0 spiro atoms. The molecule has 1 aromatic rings. The standard InChI is InChI=1S/C12H16BrN3O/c1-16-11(17)10(13)9(6-15-16)14-7-12(4-5-12)8-2-3-8/h6,8,14H,2-5,7H2,1H3. The Hall–Kier alpha value is -0.840. The third-order valence-electron chi connectivity index (χ3n) is 4.04. The number of hydrogen-bond donors (Lipinski definition) is 1. The van der Waals surface area contributed by atoms with Gasteiger partial charge in [0.15, 0.2) is 0 Å². The summed E-state index contributed by atoms with van der Waals surface area (Å²) < 4.78 is 1.92. The van der Waals surface area contributed by atoms with Crippen LogP contribution in [-0.2, 0) is 7.05 Å². The molecule has 1 N–H and O–H groups in total. The summed E-state index contributed by atoms with van der Waals surface area (Å²) in [5.74, 6) is 0.924. The molecule has 0 saturated heterocycles. The Labute approximate surface area is 109 Å². The lowest BCUT2D eigenvalue weighted by molar-refractivity contribution is 0.466. The van der Waals surface area contributed by atoms with Crippen LogP contribution in [0.2, 0.25) is 0 Å². The molecule has 1 aromatic heterocycles. The number of aromatic nitrogens is 2. The highest BCUT2D eigenvalue weighted by Crippen LogP contribution is 2.61. The number of hydrogen-bond acceptors (Lipinski definition) is 3. The average Bonchev–Trinajstić information content (AvgIpc) is 3.15. The summed E-state index contributed by atoms with van der Waals surface area (Å²) in [6.45, 7) is 0.977. The number of nitrogens with zero attached hydrogens (tertiary/aromatic N) is 2. The van der Waals surface area contributed by atoms with Gasteiger partial charge in [-0.1, -0.05) is 0 Å². The Bertz CT molecular complexity index is 503.